The van der Waals surface area contributed by atoms with Gasteiger partial charge in [0.05, 0.1) is 13.7 Å². The standard InChI is InChI=1S/C8H11NO2/c1-6(2)5-7(9-3)8(10)11-4/h5-6H,1-2,4H3. The van der Waals surface area contributed by atoms with Gasteiger partial charge in [0.15, 0.2) is 0 Å². The fourth-order valence-electron chi connectivity index (χ4n) is 0.571. The number of carbonyl (C=O) groups excluding carboxylic acids is 1. The van der Waals surface area contributed by atoms with E-state index in [9.17, 15) is 4.79 Å². The lowest BCUT2D eigenvalue weighted by molar-refractivity contribution is -0.135. The molecule has 0 amide bonds. The van der Waals surface area contributed by atoms with Crippen molar-refractivity contribution in [3.63, 3.8) is 0 Å². The van der Waals surface area contributed by atoms with Crippen LogP contribution in [0.3, 0.4) is 0 Å². The summed E-state index contributed by atoms with van der Waals surface area (Å²) < 4.78 is 4.38. The molecule has 0 atom stereocenters. The highest BCUT2D eigenvalue weighted by Gasteiger charge is 2.08. The minimum absolute atomic E-state index is 0.0579. The minimum Gasteiger partial charge on any atom is -0.474 e. The molecule has 0 heterocycles. The predicted octanol–water partition coefficient (Wildman–Crippen LogP) is 1.62. The Morgan fingerprint density at radius 3 is 2.45 bits per heavy atom. The van der Waals surface area contributed by atoms with Crippen molar-refractivity contribution in [2.24, 2.45) is 5.92 Å². The first-order valence-electron chi connectivity index (χ1n) is 3.29. The molecule has 0 N–H and O–H groups in total. The van der Waals surface area contributed by atoms with Gasteiger partial charge in [-0.05, 0) is 5.92 Å². The van der Waals surface area contributed by atoms with Crippen LogP contribution in [0.25, 0.3) is 4.85 Å². The number of rotatable bonds is 2. The number of esters is 1. The van der Waals surface area contributed by atoms with Gasteiger partial charge in [0.25, 0.3) is 5.70 Å². The molecular weight excluding hydrogens is 142 g/mol. The highest BCUT2D eigenvalue weighted by atomic mass is 16.5. The molecule has 0 aliphatic rings. The lowest BCUT2D eigenvalue weighted by Crippen LogP contribution is -2.02. The van der Waals surface area contributed by atoms with Crippen LogP contribution in [0.1, 0.15) is 13.8 Å². The molecule has 0 radical (unpaired) electrons. The maximum absolute atomic E-state index is 10.8. The van der Waals surface area contributed by atoms with Crippen molar-refractivity contribution in [3.8, 4) is 0 Å². The van der Waals surface area contributed by atoms with E-state index in [1.54, 1.807) is 6.08 Å². The second-order valence-electron chi connectivity index (χ2n) is 2.40. The van der Waals surface area contributed by atoms with Crippen molar-refractivity contribution in [3.05, 3.63) is 23.2 Å². The first-order valence-corrected chi connectivity index (χ1v) is 3.29. The van der Waals surface area contributed by atoms with Crippen molar-refractivity contribution in [2.45, 2.75) is 13.8 Å². The second kappa shape index (κ2) is 4.51. The van der Waals surface area contributed by atoms with Gasteiger partial charge in [0.2, 0.25) is 0 Å². The van der Waals surface area contributed by atoms with Crippen LogP contribution in [-0.4, -0.2) is 13.1 Å². The van der Waals surface area contributed by atoms with Crippen molar-refractivity contribution < 1.29 is 9.53 Å². The van der Waals surface area contributed by atoms with E-state index in [0.29, 0.717) is 0 Å². The summed E-state index contributed by atoms with van der Waals surface area (Å²) in [4.78, 5) is 13.8. The van der Waals surface area contributed by atoms with Gasteiger partial charge in [0, 0.05) is 0 Å². The van der Waals surface area contributed by atoms with Gasteiger partial charge in [-0.1, -0.05) is 19.9 Å². The van der Waals surface area contributed by atoms with Gasteiger partial charge in [0.1, 0.15) is 0 Å². The van der Waals surface area contributed by atoms with Crippen LogP contribution in [-0.2, 0) is 9.53 Å². The van der Waals surface area contributed by atoms with E-state index in [4.69, 9.17) is 6.57 Å². The molecule has 60 valence electrons. The Bertz CT molecular complexity index is 211. The summed E-state index contributed by atoms with van der Waals surface area (Å²) >= 11 is 0. The fourth-order valence-corrected chi connectivity index (χ4v) is 0.571. The van der Waals surface area contributed by atoms with E-state index < -0.39 is 5.97 Å². The third kappa shape index (κ3) is 3.41. The van der Waals surface area contributed by atoms with Crippen LogP contribution in [0.4, 0.5) is 0 Å². The summed E-state index contributed by atoms with van der Waals surface area (Å²) in [6, 6.07) is 0. The van der Waals surface area contributed by atoms with E-state index in [1.165, 1.54) is 7.11 Å². The number of methoxy groups -OCH3 is 1. The molecule has 11 heavy (non-hydrogen) atoms. The second-order valence-corrected chi connectivity index (χ2v) is 2.40. The number of carbonyl (C=O) groups is 1. The normalized spacial score (nSPS) is 11.0. The van der Waals surface area contributed by atoms with E-state index in [-0.39, 0.29) is 11.6 Å². The third-order valence-corrected chi connectivity index (χ3v) is 1.01. The summed E-state index contributed by atoms with van der Waals surface area (Å²) in [7, 11) is 1.27. The number of ether oxygens (including phenoxy) is 1. The molecule has 0 aromatic heterocycles. The summed E-state index contributed by atoms with van der Waals surface area (Å²) in [5.74, 6) is -0.369. The zero-order valence-electron chi connectivity index (χ0n) is 6.92. The summed E-state index contributed by atoms with van der Waals surface area (Å²) in [6.45, 7) is 10.4. The van der Waals surface area contributed by atoms with Crippen molar-refractivity contribution >= 4 is 5.97 Å². The number of allylic oxidation sites excluding steroid dienone is 1. The van der Waals surface area contributed by atoms with Crippen LogP contribution in [0.15, 0.2) is 11.8 Å². The molecule has 0 aliphatic heterocycles. The van der Waals surface area contributed by atoms with Gasteiger partial charge < -0.3 is 4.74 Å². The van der Waals surface area contributed by atoms with Gasteiger partial charge in [-0.25, -0.2) is 4.85 Å². The molecule has 0 spiro atoms. The van der Waals surface area contributed by atoms with Gasteiger partial charge in [-0.2, -0.15) is 0 Å². The Balaban J connectivity index is 4.43. The number of hydrogen-bond acceptors (Lipinski definition) is 2. The zero-order valence-corrected chi connectivity index (χ0v) is 6.92. The van der Waals surface area contributed by atoms with Crippen LogP contribution < -0.4 is 0 Å². The first-order chi connectivity index (χ1) is 5.11. The SMILES string of the molecule is [C-]#[N+]C(=CC(C)C)C(=O)OC. The summed E-state index contributed by atoms with van der Waals surface area (Å²) in [6.07, 6.45) is 1.58. The molecule has 0 unspecified atom stereocenters. The molecular formula is C8H11NO2. The molecule has 0 saturated carbocycles. The lowest BCUT2D eigenvalue weighted by Gasteiger charge is -1.97. The van der Waals surface area contributed by atoms with Gasteiger partial charge in [-0.3, -0.25) is 4.79 Å². The molecule has 0 aliphatic carbocycles. The Hall–Kier alpha value is -1.30. The zero-order chi connectivity index (χ0) is 8.85. The Morgan fingerprint density at radius 1 is 1.64 bits per heavy atom. The number of nitrogens with zero attached hydrogens (tertiary/aromatic N) is 1. The van der Waals surface area contributed by atoms with E-state index in [1.807, 2.05) is 13.8 Å². The fraction of sp³-hybridized carbons (Fsp3) is 0.500. The highest BCUT2D eigenvalue weighted by Crippen LogP contribution is 2.04. The summed E-state index contributed by atoms with van der Waals surface area (Å²) in [5.41, 5.74) is 0.0579. The minimum atomic E-state index is -0.561. The van der Waals surface area contributed by atoms with Crippen molar-refractivity contribution in [1.29, 1.82) is 0 Å². The number of hydrogen-bond donors (Lipinski definition) is 0. The molecule has 3 heteroatoms. The first kappa shape index (κ1) is 9.70. The van der Waals surface area contributed by atoms with Crippen LogP contribution in [0.2, 0.25) is 0 Å². The summed E-state index contributed by atoms with van der Waals surface area (Å²) in [5, 5.41) is 0. The molecule has 0 aromatic rings. The third-order valence-electron chi connectivity index (χ3n) is 1.01. The van der Waals surface area contributed by atoms with E-state index >= 15 is 0 Å². The van der Waals surface area contributed by atoms with Crippen LogP contribution in [0, 0.1) is 12.5 Å². The van der Waals surface area contributed by atoms with Crippen molar-refractivity contribution in [2.75, 3.05) is 7.11 Å². The average Bonchev–Trinajstić information content (AvgIpc) is 1.98. The van der Waals surface area contributed by atoms with E-state index in [0.717, 1.165) is 0 Å². The maximum atomic E-state index is 10.8. The largest absolute Gasteiger partial charge is 0.474 e. The molecule has 0 saturated heterocycles. The molecule has 3 nitrogen and oxygen atoms in total. The van der Waals surface area contributed by atoms with Crippen LogP contribution in [0.5, 0.6) is 0 Å². The quantitative estimate of drug-likeness (QED) is 0.343. The molecule has 0 rings (SSSR count). The van der Waals surface area contributed by atoms with Crippen molar-refractivity contribution in [1.82, 2.24) is 0 Å². The highest BCUT2D eigenvalue weighted by molar-refractivity contribution is 5.90. The smallest absolute Gasteiger partial charge is 0.335 e. The van der Waals surface area contributed by atoms with E-state index in [2.05, 4.69) is 9.58 Å². The predicted molar refractivity (Wildman–Crippen MR) is 41.5 cm³/mol. The monoisotopic (exact) mass is 153 g/mol. The lowest BCUT2D eigenvalue weighted by atomic mass is 10.2. The Morgan fingerprint density at radius 2 is 2.18 bits per heavy atom. The maximum Gasteiger partial charge on any atom is 0.335 e. The average molecular weight is 153 g/mol. The Labute approximate surface area is 66.5 Å². The molecule has 0 bridgehead atoms. The van der Waals surface area contributed by atoms with Gasteiger partial charge >= 0.3 is 5.97 Å². The molecule has 0 aromatic carbocycles. The topological polar surface area (TPSA) is 30.7 Å². The molecule has 0 fully saturated rings. The van der Waals surface area contributed by atoms with Crippen LogP contribution >= 0.6 is 0 Å². The van der Waals surface area contributed by atoms with Gasteiger partial charge in [-0.15, -0.1) is 0 Å². The Kier molecular flexibility index (Phi) is 3.97.